The number of ketones is 1. The van der Waals surface area contributed by atoms with E-state index < -0.39 is 0 Å². The van der Waals surface area contributed by atoms with Gasteiger partial charge in [0.25, 0.3) is 0 Å². The third-order valence-electron chi connectivity index (χ3n) is 3.31. The second-order valence-corrected chi connectivity index (χ2v) is 5.37. The van der Waals surface area contributed by atoms with Crippen LogP contribution in [0.5, 0.6) is 0 Å². The van der Waals surface area contributed by atoms with Crippen LogP contribution in [0.25, 0.3) is 0 Å². The Balaban J connectivity index is 3.93. The number of carbonyl (C=O) groups excluding carboxylic acids is 1. The lowest BCUT2D eigenvalue weighted by Gasteiger charge is -2.25. The number of hydrogen-bond donors (Lipinski definition) is 0. The molecule has 0 unspecified atom stereocenters. The Hall–Kier alpha value is -0.370. The first kappa shape index (κ1) is 14.6. The summed E-state index contributed by atoms with van der Waals surface area (Å²) in [5.74, 6) is 0.303. The van der Waals surface area contributed by atoms with Crippen molar-refractivity contribution in [3.63, 3.8) is 0 Å². The van der Waals surface area contributed by atoms with Crippen LogP contribution in [0.3, 0.4) is 0 Å². The van der Waals surface area contributed by atoms with E-state index in [1.807, 2.05) is 13.8 Å². The molecule has 0 aromatic rings. The molecule has 2 heteroatoms. The average Bonchev–Trinajstić information content (AvgIpc) is 2.17. The molecule has 0 aromatic heterocycles. The van der Waals surface area contributed by atoms with Crippen molar-refractivity contribution >= 4 is 5.78 Å². The topological polar surface area (TPSA) is 26.3 Å². The highest BCUT2D eigenvalue weighted by Crippen LogP contribution is 2.23. The van der Waals surface area contributed by atoms with E-state index in [4.69, 9.17) is 4.74 Å². The van der Waals surface area contributed by atoms with Gasteiger partial charge in [0.1, 0.15) is 5.78 Å². The molecule has 0 saturated heterocycles. The number of hydrogen-bond acceptors (Lipinski definition) is 2. The fourth-order valence-electron chi connectivity index (χ4n) is 1.06. The molecule has 0 amide bonds. The van der Waals surface area contributed by atoms with Crippen LogP contribution in [-0.2, 0) is 9.53 Å². The summed E-state index contributed by atoms with van der Waals surface area (Å²) in [5.41, 5.74) is -0.295. The molecule has 0 aliphatic carbocycles. The molecule has 0 saturated carbocycles. The zero-order chi connectivity index (χ0) is 12.1. The van der Waals surface area contributed by atoms with Gasteiger partial charge in [0.05, 0.1) is 12.2 Å². The van der Waals surface area contributed by atoms with Crippen LogP contribution in [-0.4, -0.2) is 18.0 Å². The number of ether oxygens (including phenoxy) is 1. The summed E-state index contributed by atoms with van der Waals surface area (Å²) in [6.07, 6.45) is 2.39. The molecule has 15 heavy (non-hydrogen) atoms. The van der Waals surface area contributed by atoms with E-state index in [2.05, 4.69) is 27.7 Å². The van der Waals surface area contributed by atoms with Gasteiger partial charge in [0.2, 0.25) is 0 Å². The molecule has 0 rings (SSSR count). The minimum absolute atomic E-state index is 0.101. The van der Waals surface area contributed by atoms with Crippen LogP contribution < -0.4 is 0 Å². The largest absolute Gasteiger partial charge is 0.375 e. The first-order valence-electron chi connectivity index (χ1n) is 5.92. The van der Waals surface area contributed by atoms with Crippen molar-refractivity contribution in [1.29, 1.82) is 0 Å². The SMILES string of the molecule is CCC(C)(C)OCCC(=O)C(C)(C)CC. The van der Waals surface area contributed by atoms with Crippen molar-refractivity contribution in [3.8, 4) is 0 Å². The van der Waals surface area contributed by atoms with Gasteiger partial charge in [-0.2, -0.15) is 0 Å². The van der Waals surface area contributed by atoms with Gasteiger partial charge < -0.3 is 4.74 Å². The maximum absolute atomic E-state index is 11.8. The monoisotopic (exact) mass is 214 g/mol. The van der Waals surface area contributed by atoms with Crippen molar-refractivity contribution in [3.05, 3.63) is 0 Å². The van der Waals surface area contributed by atoms with Crippen molar-refractivity contribution in [2.45, 2.75) is 66.4 Å². The average molecular weight is 214 g/mol. The summed E-state index contributed by atoms with van der Waals surface area (Å²) < 4.78 is 5.67. The number of carbonyl (C=O) groups is 1. The lowest BCUT2D eigenvalue weighted by Crippen LogP contribution is -2.28. The molecule has 0 fully saturated rings. The fraction of sp³-hybridized carbons (Fsp3) is 0.923. The first-order valence-corrected chi connectivity index (χ1v) is 5.92. The summed E-state index contributed by atoms with van der Waals surface area (Å²) in [6.45, 7) is 12.8. The fourth-order valence-corrected chi connectivity index (χ4v) is 1.06. The Kier molecular flexibility index (Phi) is 5.50. The second kappa shape index (κ2) is 5.64. The smallest absolute Gasteiger partial charge is 0.140 e. The summed E-state index contributed by atoms with van der Waals surface area (Å²) in [6, 6.07) is 0. The highest BCUT2D eigenvalue weighted by atomic mass is 16.5. The van der Waals surface area contributed by atoms with E-state index in [1.54, 1.807) is 0 Å². The van der Waals surface area contributed by atoms with Gasteiger partial charge in [0, 0.05) is 11.8 Å². The van der Waals surface area contributed by atoms with Crippen molar-refractivity contribution < 1.29 is 9.53 Å². The van der Waals surface area contributed by atoms with E-state index in [9.17, 15) is 4.79 Å². The lowest BCUT2D eigenvalue weighted by molar-refractivity contribution is -0.129. The van der Waals surface area contributed by atoms with Gasteiger partial charge in [-0.05, 0) is 26.7 Å². The van der Waals surface area contributed by atoms with Crippen molar-refractivity contribution in [2.75, 3.05) is 6.61 Å². The minimum atomic E-state index is -0.195. The van der Waals surface area contributed by atoms with Crippen LogP contribution in [0, 0.1) is 5.41 Å². The van der Waals surface area contributed by atoms with Crippen LogP contribution in [0.4, 0.5) is 0 Å². The van der Waals surface area contributed by atoms with Gasteiger partial charge in [-0.25, -0.2) is 0 Å². The van der Waals surface area contributed by atoms with E-state index in [1.165, 1.54) is 0 Å². The molecular formula is C13H26O2. The molecule has 0 aromatic carbocycles. The zero-order valence-electron chi connectivity index (χ0n) is 11.1. The third kappa shape index (κ3) is 5.31. The molecule has 2 nitrogen and oxygen atoms in total. The first-order chi connectivity index (χ1) is 6.75. The molecule has 0 N–H and O–H groups in total. The Morgan fingerprint density at radius 2 is 1.60 bits per heavy atom. The zero-order valence-corrected chi connectivity index (χ0v) is 11.1. The number of Topliss-reactive ketones (excluding diaryl/α,β-unsaturated/α-hetero) is 1. The molecule has 0 aliphatic heterocycles. The predicted molar refractivity (Wildman–Crippen MR) is 64.0 cm³/mol. The normalized spacial score (nSPS) is 12.9. The van der Waals surface area contributed by atoms with E-state index in [-0.39, 0.29) is 11.0 Å². The molecule has 0 bridgehead atoms. The Labute approximate surface area is 94.4 Å². The lowest BCUT2D eigenvalue weighted by atomic mass is 9.84. The van der Waals surface area contributed by atoms with Gasteiger partial charge in [-0.1, -0.05) is 27.7 Å². The highest BCUT2D eigenvalue weighted by Gasteiger charge is 2.25. The Morgan fingerprint density at radius 3 is 2.00 bits per heavy atom. The maximum Gasteiger partial charge on any atom is 0.140 e. The van der Waals surface area contributed by atoms with Gasteiger partial charge in [-0.3, -0.25) is 4.79 Å². The highest BCUT2D eigenvalue weighted by molar-refractivity contribution is 5.84. The van der Waals surface area contributed by atoms with Gasteiger partial charge in [0.15, 0.2) is 0 Å². The third-order valence-corrected chi connectivity index (χ3v) is 3.31. The molecule has 0 atom stereocenters. The summed E-state index contributed by atoms with van der Waals surface area (Å²) in [7, 11) is 0. The minimum Gasteiger partial charge on any atom is -0.375 e. The molecular weight excluding hydrogens is 188 g/mol. The predicted octanol–water partition coefficient (Wildman–Crippen LogP) is 3.59. The van der Waals surface area contributed by atoms with Crippen LogP contribution >= 0.6 is 0 Å². The van der Waals surface area contributed by atoms with Crippen LogP contribution in [0.15, 0.2) is 0 Å². The quantitative estimate of drug-likeness (QED) is 0.647. The van der Waals surface area contributed by atoms with Gasteiger partial charge in [-0.15, -0.1) is 0 Å². The molecule has 0 spiro atoms. The summed E-state index contributed by atoms with van der Waals surface area (Å²) in [4.78, 5) is 11.8. The second-order valence-electron chi connectivity index (χ2n) is 5.37. The Morgan fingerprint density at radius 1 is 1.07 bits per heavy atom. The van der Waals surface area contributed by atoms with E-state index in [0.717, 1.165) is 12.8 Å². The molecule has 0 aliphatic rings. The molecule has 0 heterocycles. The maximum atomic E-state index is 11.8. The van der Waals surface area contributed by atoms with E-state index >= 15 is 0 Å². The summed E-state index contributed by atoms with van der Waals surface area (Å²) in [5, 5.41) is 0. The van der Waals surface area contributed by atoms with Crippen molar-refractivity contribution in [1.82, 2.24) is 0 Å². The molecule has 0 radical (unpaired) electrons. The van der Waals surface area contributed by atoms with Gasteiger partial charge >= 0.3 is 0 Å². The molecule has 90 valence electrons. The van der Waals surface area contributed by atoms with Crippen molar-refractivity contribution in [2.24, 2.45) is 5.41 Å². The Bertz CT molecular complexity index is 205. The number of rotatable bonds is 7. The van der Waals surface area contributed by atoms with Crippen LogP contribution in [0.2, 0.25) is 0 Å². The van der Waals surface area contributed by atoms with E-state index in [0.29, 0.717) is 18.8 Å². The summed E-state index contributed by atoms with van der Waals surface area (Å²) >= 11 is 0. The standard InChI is InChI=1S/C13H26O2/c1-7-12(3,4)11(14)9-10-15-13(5,6)8-2/h7-10H2,1-6H3. The van der Waals surface area contributed by atoms with Crippen LogP contribution in [0.1, 0.15) is 60.8 Å².